The summed E-state index contributed by atoms with van der Waals surface area (Å²) >= 11 is 0. The van der Waals surface area contributed by atoms with Crippen molar-refractivity contribution in [2.45, 2.75) is 233 Å². The van der Waals surface area contributed by atoms with Gasteiger partial charge in [0.1, 0.15) is 13.2 Å². The van der Waals surface area contributed by atoms with Crippen LogP contribution in [-0.4, -0.2) is 37.2 Å². The van der Waals surface area contributed by atoms with Crippen LogP contribution >= 0.6 is 0 Å². The minimum absolute atomic E-state index is 0.0664. The Morgan fingerprint density at radius 2 is 0.688 bits per heavy atom. The summed E-state index contributed by atoms with van der Waals surface area (Å²) < 4.78 is 16.5. The van der Waals surface area contributed by atoms with Crippen LogP contribution in [-0.2, 0) is 28.6 Å². The highest BCUT2D eigenvalue weighted by Crippen LogP contribution is 2.15. The molecule has 0 N–H and O–H groups in total. The standard InChI is InChI=1S/C42H80O6/c1-5-7-9-11-12-13-14-15-16-17-18-19-22-27-31-35-42(45)48-39(36-46-40(43)33-29-24-10-8-6-2)37-47-41(44)34-30-26-23-20-21-25-28-32-38(3)4/h38-39H,5-37H2,1-4H3/t39-/m1/s1. The second-order valence-corrected chi connectivity index (χ2v) is 14.7. The zero-order valence-electron chi connectivity index (χ0n) is 32.4. The van der Waals surface area contributed by atoms with Gasteiger partial charge in [0.25, 0.3) is 0 Å². The predicted molar refractivity (Wildman–Crippen MR) is 201 cm³/mol. The first-order chi connectivity index (χ1) is 23.4. The first-order valence-electron chi connectivity index (χ1n) is 20.9. The fraction of sp³-hybridized carbons (Fsp3) is 0.929. The third-order valence-corrected chi connectivity index (χ3v) is 9.29. The van der Waals surface area contributed by atoms with E-state index in [1.165, 1.54) is 116 Å². The monoisotopic (exact) mass is 681 g/mol. The molecule has 0 fully saturated rings. The molecule has 0 saturated heterocycles. The summed E-state index contributed by atoms with van der Waals surface area (Å²) in [7, 11) is 0. The van der Waals surface area contributed by atoms with Crippen LogP contribution in [0.5, 0.6) is 0 Å². The minimum atomic E-state index is -0.757. The number of ether oxygens (including phenoxy) is 3. The van der Waals surface area contributed by atoms with E-state index in [0.717, 1.165) is 70.1 Å². The van der Waals surface area contributed by atoms with E-state index in [1.54, 1.807) is 0 Å². The van der Waals surface area contributed by atoms with Gasteiger partial charge in [0.05, 0.1) is 0 Å². The summed E-state index contributed by atoms with van der Waals surface area (Å²) in [6, 6.07) is 0. The van der Waals surface area contributed by atoms with E-state index < -0.39 is 6.10 Å². The highest BCUT2D eigenvalue weighted by molar-refractivity contribution is 5.71. The molecule has 0 saturated carbocycles. The molecule has 0 amide bonds. The Kier molecular flexibility index (Phi) is 35.5. The van der Waals surface area contributed by atoms with Crippen LogP contribution in [0.3, 0.4) is 0 Å². The predicted octanol–water partition coefficient (Wildman–Crippen LogP) is 12.8. The molecule has 0 rings (SSSR count). The lowest BCUT2D eigenvalue weighted by atomic mass is 10.0. The van der Waals surface area contributed by atoms with Crippen LogP contribution in [0.4, 0.5) is 0 Å². The highest BCUT2D eigenvalue weighted by Gasteiger charge is 2.19. The van der Waals surface area contributed by atoms with Crippen LogP contribution in [0.25, 0.3) is 0 Å². The van der Waals surface area contributed by atoms with Gasteiger partial charge in [-0.05, 0) is 25.2 Å². The molecule has 0 aliphatic carbocycles. The fourth-order valence-corrected chi connectivity index (χ4v) is 6.10. The van der Waals surface area contributed by atoms with E-state index in [2.05, 4.69) is 27.7 Å². The molecular weight excluding hydrogens is 600 g/mol. The van der Waals surface area contributed by atoms with Crippen molar-refractivity contribution < 1.29 is 28.6 Å². The number of carbonyl (C=O) groups excluding carboxylic acids is 3. The average molecular weight is 681 g/mol. The van der Waals surface area contributed by atoms with Crippen LogP contribution in [0.2, 0.25) is 0 Å². The first-order valence-corrected chi connectivity index (χ1v) is 20.9. The third kappa shape index (κ3) is 35.7. The number of carbonyl (C=O) groups is 3. The van der Waals surface area contributed by atoms with Crippen molar-refractivity contribution in [2.24, 2.45) is 5.92 Å². The van der Waals surface area contributed by atoms with Gasteiger partial charge in [0.15, 0.2) is 6.10 Å². The Hall–Kier alpha value is -1.59. The van der Waals surface area contributed by atoms with E-state index in [9.17, 15) is 14.4 Å². The molecule has 48 heavy (non-hydrogen) atoms. The summed E-state index contributed by atoms with van der Waals surface area (Å²) in [6.45, 7) is 8.85. The summed E-state index contributed by atoms with van der Waals surface area (Å²) in [4.78, 5) is 37.3. The van der Waals surface area contributed by atoms with Gasteiger partial charge in [-0.3, -0.25) is 14.4 Å². The molecule has 0 aromatic rings. The van der Waals surface area contributed by atoms with Gasteiger partial charge < -0.3 is 14.2 Å². The van der Waals surface area contributed by atoms with Crippen LogP contribution in [0.1, 0.15) is 227 Å². The van der Waals surface area contributed by atoms with Crippen molar-refractivity contribution in [3.8, 4) is 0 Å². The molecule has 0 aromatic heterocycles. The van der Waals surface area contributed by atoms with E-state index >= 15 is 0 Å². The second-order valence-electron chi connectivity index (χ2n) is 14.7. The zero-order chi connectivity index (χ0) is 35.3. The van der Waals surface area contributed by atoms with E-state index in [-0.39, 0.29) is 31.1 Å². The fourth-order valence-electron chi connectivity index (χ4n) is 6.10. The molecule has 0 aromatic carbocycles. The average Bonchev–Trinajstić information content (AvgIpc) is 3.06. The second kappa shape index (κ2) is 36.7. The van der Waals surface area contributed by atoms with Crippen molar-refractivity contribution in [3.63, 3.8) is 0 Å². The Morgan fingerprint density at radius 3 is 1.02 bits per heavy atom. The molecule has 0 radical (unpaired) electrons. The van der Waals surface area contributed by atoms with Gasteiger partial charge in [-0.2, -0.15) is 0 Å². The molecule has 0 aliphatic heterocycles. The lowest BCUT2D eigenvalue weighted by Crippen LogP contribution is -2.30. The largest absolute Gasteiger partial charge is 0.462 e. The first kappa shape index (κ1) is 46.4. The minimum Gasteiger partial charge on any atom is -0.462 e. The quantitative estimate of drug-likeness (QED) is 0.0369. The molecule has 0 unspecified atom stereocenters. The normalized spacial score (nSPS) is 11.9. The third-order valence-electron chi connectivity index (χ3n) is 9.29. The van der Waals surface area contributed by atoms with Crippen LogP contribution in [0.15, 0.2) is 0 Å². The maximum absolute atomic E-state index is 12.6. The van der Waals surface area contributed by atoms with Crippen LogP contribution < -0.4 is 0 Å². The van der Waals surface area contributed by atoms with Crippen molar-refractivity contribution >= 4 is 17.9 Å². The van der Waals surface area contributed by atoms with Crippen molar-refractivity contribution in [1.82, 2.24) is 0 Å². The Balaban J connectivity index is 4.21. The lowest BCUT2D eigenvalue weighted by Gasteiger charge is -2.18. The van der Waals surface area contributed by atoms with Crippen LogP contribution in [0, 0.1) is 5.92 Å². The molecule has 1 atom stereocenters. The van der Waals surface area contributed by atoms with Gasteiger partial charge in [0.2, 0.25) is 0 Å². The number of esters is 3. The van der Waals surface area contributed by atoms with Gasteiger partial charge in [-0.15, -0.1) is 0 Å². The molecule has 0 heterocycles. The molecule has 0 bridgehead atoms. The molecule has 6 heteroatoms. The number of hydrogen-bond donors (Lipinski definition) is 0. The topological polar surface area (TPSA) is 78.9 Å². The highest BCUT2D eigenvalue weighted by atomic mass is 16.6. The SMILES string of the molecule is CCCCCCCCCCCCCCCCCC(=O)O[C@H](COC(=O)CCCCCCC)COC(=O)CCCCCCCCCC(C)C. The summed E-state index contributed by atoms with van der Waals surface area (Å²) in [5, 5.41) is 0. The smallest absolute Gasteiger partial charge is 0.306 e. The number of unbranched alkanes of at least 4 members (excludes halogenated alkanes) is 24. The number of rotatable bonds is 37. The Labute approximate surface area is 298 Å². The summed E-state index contributed by atoms with van der Waals surface area (Å²) in [5.41, 5.74) is 0. The van der Waals surface area contributed by atoms with E-state index in [0.29, 0.717) is 19.3 Å². The van der Waals surface area contributed by atoms with Crippen molar-refractivity contribution in [3.05, 3.63) is 0 Å². The van der Waals surface area contributed by atoms with Crippen molar-refractivity contribution in [2.75, 3.05) is 13.2 Å². The van der Waals surface area contributed by atoms with Gasteiger partial charge in [0, 0.05) is 19.3 Å². The molecule has 6 nitrogen and oxygen atoms in total. The molecule has 0 spiro atoms. The zero-order valence-corrected chi connectivity index (χ0v) is 32.4. The Morgan fingerprint density at radius 1 is 0.396 bits per heavy atom. The molecule has 0 aliphatic rings. The van der Waals surface area contributed by atoms with Gasteiger partial charge in [-0.25, -0.2) is 0 Å². The van der Waals surface area contributed by atoms with E-state index in [4.69, 9.17) is 14.2 Å². The molecule has 284 valence electrons. The molecular formula is C42H80O6. The van der Waals surface area contributed by atoms with Crippen molar-refractivity contribution in [1.29, 1.82) is 0 Å². The Bertz CT molecular complexity index is 721. The maximum atomic E-state index is 12.6. The van der Waals surface area contributed by atoms with Gasteiger partial charge >= 0.3 is 17.9 Å². The van der Waals surface area contributed by atoms with E-state index in [1.807, 2.05) is 0 Å². The number of hydrogen-bond acceptors (Lipinski definition) is 6. The van der Waals surface area contributed by atoms with Gasteiger partial charge in [-0.1, -0.05) is 188 Å². The lowest BCUT2D eigenvalue weighted by molar-refractivity contribution is -0.167. The summed E-state index contributed by atoms with van der Waals surface area (Å²) in [5.74, 6) is -0.0943. The summed E-state index contributed by atoms with van der Waals surface area (Å²) in [6.07, 6.45) is 34.1. The maximum Gasteiger partial charge on any atom is 0.306 e.